The molecule has 0 fully saturated rings. The lowest BCUT2D eigenvalue weighted by molar-refractivity contribution is -0.00477. The van der Waals surface area contributed by atoms with Crippen LogP contribution in [-0.2, 0) is 0 Å². The van der Waals surface area contributed by atoms with E-state index in [-0.39, 0.29) is 12.3 Å². The first-order chi connectivity index (χ1) is 4.59. The molecule has 0 aliphatic heterocycles. The minimum atomic E-state index is -0.773. The molecule has 2 nitrogen and oxygen atoms in total. The van der Waals surface area contributed by atoms with Crippen molar-refractivity contribution in [3.63, 3.8) is 0 Å². The summed E-state index contributed by atoms with van der Waals surface area (Å²) in [6.07, 6.45) is 3.70. The first-order valence-corrected chi connectivity index (χ1v) is 3.39. The molecule has 0 aromatic heterocycles. The lowest BCUT2D eigenvalue weighted by Gasteiger charge is -2.18. The van der Waals surface area contributed by atoms with Crippen LogP contribution in [0.4, 0.5) is 0 Å². The van der Waals surface area contributed by atoms with Crippen molar-refractivity contribution in [2.45, 2.75) is 32.5 Å². The third kappa shape index (κ3) is 2.86. The fourth-order valence-electron chi connectivity index (χ4n) is 0.686. The van der Waals surface area contributed by atoms with Gasteiger partial charge in [-0.05, 0) is 5.92 Å². The zero-order valence-corrected chi connectivity index (χ0v) is 6.41. The maximum atomic E-state index is 9.18. The van der Waals surface area contributed by atoms with E-state index in [1.165, 1.54) is 0 Å². The predicted octanol–water partition coefficient (Wildman–Crippen LogP) is 0.387. The van der Waals surface area contributed by atoms with Crippen molar-refractivity contribution in [1.29, 1.82) is 0 Å². The van der Waals surface area contributed by atoms with Crippen molar-refractivity contribution in [2.24, 2.45) is 5.92 Å². The van der Waals surface area contributed by atoms with Crippen LogP contribution in [0, 0.1) is 18.3 Å². The molecule has 58 valence electrons. The largest absolute Gasteiger partial charge is 0.390 e. The second kappa shape index (κ2) is 4.32. The van der Waals surface area contributed by atoms with Crippen molar-refractivity contribution in [1.82, 2.24) is 0 Å². The quantitative estimate of drug-likeness (QED) is 0.559. The Bertz CT molecular complexity index is 124. The van der Waals surface area contributed by atoms with E-state index in [2.05, 4.69) is 5.92 Å². The van der Waals surface area contributed by atoms with Crippen molar-refractivity contribution < 1.29 is 10.2 Å². The van der Waals surface area contributed by atoms with Gasteiger partial charge in [0.05, 0.1) is 12.2 Å². The van der Waals surface area contributed by atoms with E-state index in [1.54, 1.807) is 0 Å². The number of hydrogen-bond donors (Lipinski definition) is 2. The summed E-state index contributed by atoms with van der Waals surface area (Å²) in [4.78, 5) is 0. The van der Waals surface area contributed by atoms with Crippen LogP contribution < -0.4 is 0 Å². The Kier molecular flexibility index (Phi) is 4.10. The fourth-order valence-corrected chi connectivity index (χ4v) is 0.686. The highest BCUT2D eigenvalue weighted by Crippen LogP contribution is 2.07. The number of aliphatic hydroxyl groups is 2. The van der Waals surface area contributed by atoms with Gasteiger partial charge in [-0.25, -0.2) is 0 Å². The van der Waals surface area contributed by atoms with Crippen molar-refractivity contribution in [3.8, 4) is 12.3 Å². The minimum absolute atomic E-state index is 0.0587. The van der Waals surface area contributed by atoms with Crippen molar-refractivity contribution in [2.75, 3.05) is 0 Å². The summed E-state index contributed by atoms with van der Waals surface area (Å²) in [5, 5.41) is 18.3. The molecule has 0 heterocycles. The van der Waals surface area contributed by atoms with E-state index in [0.29, 0.717) is 0 Å². The topological polar surface area (TPSA) is 40.5 Å². The Morgan fingerprint density at radius 3 is 2.20 bits per heavy atom. The molecule has 0 bridgehead atoms. The highest BCUT2D eigenvalue weighted by atomic mass is 16.3. The summed E-state index contributed by atoms with van der Waals surface area (Å²) in [7, 11) is 0. The van der Waals surface area contributed by atoms with Gasteiger partial charge in [0.2, 0.25) is 0 Å². The average Bonchev–Trinajstić information content (AvgIpc) is 1.87. The van der Waals surface area contributed by atoms with Crippen molar-refractivity contribution >= 4 is 0 Å². The highest BCUT2D eigenvalue weighted by Gasteiger charge is 2.17. The normalized spacial score (nSPS) is 16.4. The third-order valence-electron chi connectivity index (χ3n) is 1.40. The van der Waals surface area contributed by atoms with Crippen LogP contribution in [0.3, 0.4) is 0 Å². The smallest absolute Gasteiger partial charge is 0.0910 e. The zero-order valence-electron chi connectivity index (χ0n) is 6.41. The molecule has 0 aromatic rings. The van der Waals surface area contributed by atoms with Gasteiger partial charge in [-0.15, -0.1) is 12.3 Å². The molecule has 0 aromatic carbocycles. The number of terminal acetylenes is 1. The van der Waals surface area contributed by atoms with Gasteiger partial charge in [0.1, 0.15) is 0 Å². The maximum absolute atomic E-state index is 9.18. The first-order valence-electron chi connectivity index (χ1n) is 3.39. The van der Waals surface area contributed by atoms with E-state index in [4.69, 9.17) is 11.5 Å². The second-order valence-electron chi connectivity index (χ2n) is 2.71. The zero-order chi connectivity index (χ0) is 8.15. The summed E-state index contributed by atoms with van der Waals surface area (Å²) in [5.41, 5.74) is 0. The van der Waals surface area contributed by atoms with Crippen LogP contribution in [0.25, 0.3) is 0 Å². The number of hydrogen-bond acceptors (Lipinski definition) is 2. The summed E-state index contributed by atoms with van der Waals surface area (Å²) in [6.45, 7) is 3.68. The van der Waals surface area contributed by atoms with Crippen LogP contribution >= 0.6 is 0 Å². The van der Waals surface area contributed by atoms with E-state index >= 15 is 0 Å². The molecule has 2 unspecified atom stereocenters. The van der Waals surface area contributed by atoms with Crippen LogP contribution in [0.1, 0.15) is 20.3 Å². The molecule has 0 spiro atoms. The molecule has 10 heavy (non-hydrogen) atoms. The standard InChI is InChI=1S/C8H14O2/c1-4-5-7(9)8(10)6(2)3/h1,6-10H,5H2,2-3H3. The van der Waals surface area contributed by atoms with E-state index in [9.17, 15) is 5.11 Å². The molecule has 0 saturated heterocycles. The Morgan fingerprint density at radius 1 is 1.40 bits per heavy atom. The van der Waals surface area contributed by atoms with E-state index in [0.717, 1.165) is 0 Å². The van der Waals surface area contributed by atoms with Crippen LogP contribution in [0.2, 0.25) is 0 Å². The molecule has 2 N–H and O–H groups in total. The SMILES string of the molecule is C#CCC(O)C(O)C(C)C. The number of rotatable bonds is 3. The maximum Gasteiger partial charge on any atom is 0.0910 e. The minimum Gasteiger partial charge on any atom is -0.390 e. The Morgan fingerprint density at radius 2 is 1.90 bits per heavy atom. The molecule has 0 radical (unpaired) electrons. The predicted molar refractivity (Wildman–Crippen MR) is 40.3 cm³/mol. The highest BCUT2D eigenvalue weighted by molar-refractivity contribution is 4.89. The molecule has 0 rings (SSSR count). The molecule has 2 heteroatoms. The lowest BCUT2D eigenvalue weighted by Crippen LogP contribution is -2.30. The van der Waals surface area contributed by atoms with Gasteiger partial charge in [-0.3, -0.25) is 0 Å². The van der Waals surface area contributed by atoms with Gasteiger partial charge in [-0.1, -0.05) is 13.8 Å². The van der Waals surface area contributed by atoms with E-state index in [1.807, 2.05) is 13.8 Å². The monoisotopic (exact) mass is 142 g/mol. The summed E-state index contributed by atoms with van der Waals surface area (Å²) in [5.74, 6) is 2.35. The number of aliphatic hydroxyl groups excluding tert-OH is 2. The van der Waals surface area contributed by atoms with Gasteiger partial charge in [0.15, 0.2) is 0 Å². The Labute approximate surface area is 61.9 Å². The van der Waals surface area contributed by atoms with Crippen LogP contribution in [0.5, 0.6) is 0 Å². The van der Waals surface area contributed by atoms with Crippen LogP contribution in [-0.4, -0.2) is 22.4 Å². The van der Waals surface area contributed by atoms with Crippen molar-refractivity contribution in [3.05, 3.63) is 0 Å². The van der Waals surface area contributed by atoms with Crippen LogP contribution in [0.15, 0.2) is 0 Å². The molecule has 2 atom stereocenters. The van der Waals surface area contributed by atoms with Gasteiger partial charge in [0, 0.05) is 6.42 Å². The van der Waals surface area contributed by atoms with Gasteiger partial charge in [-0.2, -0.15) is 0 Å². The average molecular weight is 142 g/mol. The third-order valence-corrected chi connectivity index (χ3v) is 1.40. The second-order valence-corrected chi connectivity index (χ2v) is 2.71. The molecule has 0 saturated carbocycles. The van der Waals surface area contributed by atoms with Gasteiger partial charge >= 0.3 is 0 Å². The summed E-state index contributed by atoms with van der Waals surface area (Å²) < 4.78 is 0. The molecule has 0 aliphatic carbocycles. The molecular formula is C8H14O2. The first kappa shape index (κ1) is 9.48. The summed E-state index contributed by atoms with van der Waals surface area (Å²) >= 11 is 0. The summed E-state index contributed by atoms with van der Waals surface area (Å²) in [6, 6.07) is 0. The van der Waals surface area contributed by atoms with Gasteiger partial charge < -0.3 is 10.2 Å². The Balaban J connectivity index is 3.72. The van der Waals surface area contributed by atoms with Gasteiger partial charge in [0.25, 0.3) is 0 Å². The molecular weight excluding hydrogens is 128 g/mol. The van der Waals surface area contributed by atoms with E-state index < -0.39 is 12.2 Å². The molecule has 0 aliphatic rings. The molecule has 0 amide bonds. The lowest BCUT2D eigenvalue weighted by atomic mass is 10.0. The fraction of sp³-hybridized carbons (Fsp3) is 0.750. The Hall–Kier alpha value is -0.520.